The number of amides is 11. The van der Waals surface area contributed by atoms with Gasteiger partial charge in [0, 0.05) is 19.4 Å². The van der Waals surface area contributed by atoms with Crippen molar-refractivity contribution >= 4 is 76.9 Å². The molecule has 1 saturated heterocycles. The van der Waals surface area contributed by atoms with E-state index < -0.39 is 176 Å². The van der Waals surface area contributed by atoms with Crippen molar-refractivity contribution in [3.05, 3.63) is 35.9 Å². The number of aliphatic hydroxyl groups is 1. The molecule has 2 rings (SSSR count). The molecule has 0 unspecified atom stereocenters. The number of nitrogens with zero attached hydrogens (tertiary/aromatic N) is 1. The summed E-state index contributed by atoms with van der Waals surface area (Å²) < 4.78 is 0. The highest BCUT2D eigenvalue weighted by molar-refractivity contribution is 6.00. The third-order valence-corrected chi connectivity index (χ3v) is 12.5. The number of carboxylic acids is 2. The van der Waals surface area contributed by atoms with E-state index in [-0.39, 0.29) is 51.1 Å². The van der Waals surface area contributed by atoms with E-state index in [0.29, 0.717) is 18.4 Å². The van der Waals surface area contributed by atoms with E-state index in [2.05, 4.69) is 42.5 Å². The van der Waals surface area contributed by atoms with Gasteiger partial charge in [-0.1, -0.05) is 58.0 Å². The first-order valence-corrected chi connectivity index (χ1v) is 25.9. The Bertz CT molecular complexity index is 2320. The maximum Gasteiger partial charge on any atom is 0.326 e. The van der Waals surface area contributed by atoms with Crippen LogP contribution in [0, 0.1) is 11.8 Å². The van der Waals surface area contributed by atoms with Crippen LogP contribution in [0.2, 0.25) is 0 Å². The Morgan fingerprint density at radius 1 is 0.620 bits per heavy atom. The van der Waals surface area contributed by atoms with Crippen LogP contribution in [0.3, 0.4) is 0 Å². The summed E-state index contributed by atoms with van der Waals surface area (Å²) in [6, 6.07) is -6.21. The second-order valence-electron chi connectivity index (χ2n) is 20.0. The fraction of sp³-hybridized carbons (Fsp3) is 0.620. The predicted molar refractivity (Wildman–Crippen MR) is 280 cm³/mol. The zero-order valence-electron chi connectivity index (χ0n) is 45.1. The lowest BCUT2D eigenvalue weighted by molar-refractivity contribution is -0.143. The van der Waals surface area contributed by atoms with Crippen molar-refractivity contribution in [3.8, 4) is 0 Å². The fourth-order valence-electron chi connectivity index (χ4n) is 8.26. The summed E-state index contributed by atoms with van der Waals surface area (Å²) in [7, 11) is 0. The number of carboxylic acid groups (broad SMARTS) is 2. The number of carbonyl (C=O) groups excluding carboxylic acids is 11. The second-order valence-corrected chi connectivity index (χ2v) is 20.0. The third kappa shape index (κ3) is 23.4. The van der Waals surface area contributed by atoms with Crippen LogP contribution in [-0.4, -0.2) is 177 Å². The van der Waals surface area contributed by atoms with Crippen molar-refractivity contribution in [3.63, 3.8) is 0 Å². The van der Waals surface area contributed by atoms with Crippen LogP contribution in [0.15, 0.2) is 30.3 Å². The molecule has 1 aromatic rings. The summed E-state index contributed by atoms with van der Waals surface area (Å²) in [6.07, 6.45) is -1.54. The van der Waals surface area contributed by atoms with Crippen molar-refractivity contribution in [2.75, 3.05) is 19.7 Å². The maximum atomic E-state index is 14.5. The van der Waals surface area contributed by atoms with Gasteiger partial charge in [-0.2, -0.15) is 0 Å². The monoisotopic (exact) mass is 1120 g/mol. The second kappa shape index (κ2) is 33.5. The number of aliphatic carboxylic acids is 2. The van der Waals surface area contributed by atoms with Gasteiger partial charge in [-0.25, -0.2) is 4.79 Å². The molecule has 1 fully saturated rings. The molecule has 0 saturated carbocycles. The Labute approximate surface area is 456 Å². The Hall–Kier alpha value is -7.79. The number of primary amides is 2. The molecule has 1 aliphatic rings. The molecular formula is C50H79N13O16. The lowest BCUT2D eigenvalue weighted by Crippen LogP contribution is -2.61. The zero-order valence-corrected chi connectivity index (χ0v) is 45.1. The number of nitrogens with one attached hydrogen (secondary N) is 8. The van der Waals surface area contributed by atoms with Gasteiger partial charge in [-0.3, -0.25) is 57.5 Å². The molecule has 0 aromatic heterocycles. The highest BCUT2D eigenvalue weighted by Gasteiger charge is 2.41. The van der Waals surface area contributed by atoms with Crippen molar-refractivity contribution in [1.29, 1.82) is 0 Å². The normalized spacial score (nSPS) is 16.5. The number of rotatable bonds is 35. The van der Waals surface area contributed by atoms with Crippen molar-refractivity contribution in [1.82, 2.24) is 47.4 Å². The van der Waals surface area contributed by atoms with E-state index in [9.17, 15) is 77.6 Å². The molecule has 0 aliphatic carbocycles. The first-order chi connectivity index (χ1) is 37.1. The van der Waals surface area contributed by atoms with Crippen LogP contribution in [0.5, 0.6) is 0 Å². The molecule has 0 radical (unpaired) electrons. The van der Waals surface area contributed by atoms with Gasteiger partial charge in [0.25, 0.3) is 0 Å². The van der Waals surface area contributed by atoms with Crippen LogP contribution in [-0.2, 0) is 68.7 Å². The Balaban J connectivity index is 2.42. The smallest absolute Gasteiger partial charge is 0.326 e. The van der Waals surface area contributed by atoms with Gasteiger partial charge in [0.1, 0.15) is 60.4 Å². The molecule has 10 atom stereocenters. The largest absolute Gasteiger partial charge is 0.481 e. The Morgan fingerprint density at radius 3 is 1.73 bits per heavy atom. The summed E-state index contributed by atoms with van der Waals surface area (Å²) in [5.41, 5.74) is 22.6. The summed E-state index contributed by atoms with van der Waals surface area (Å²) in [4.78, 5) is 172. The molecule has 1 heterocycles. The zero-order chi connectivity index (χ0) is 59.7. The highest BCUT2D eigenvalue weighted by Crippen LogP contribution is 2.21. The van der Waals surface area contributed by atoms with Crippen LogP contribution >= 0.6 is 0 Å². The Morgan fingerprint density at radius 2 is 1.18 bits per heavy atom. The first-order valence-electron chi connectivity index (χ1n) is 25.9. The van der Waals surface area contributed by atoms with Gasteiger partial charge in [0.05, 0.1) is 19.4 Å². The number of nitrogens with two attached hydrogens (primary N) is 4. The Kier molecular flexibility index (Phi) is 28.5. The number of unbranched alkanes of at least 4 members (excludes halogenated alkanes) is 1. The average Bonchev–Trinajstić information content (AvgIpc) is 3.87. The molecule has 11 amide bonds. The van der Waals surface area contributed by atoms with E-state index in [4.69, 9.17) is 22.9 Å². The summed E-state index contributed by atoms with van der Waals surface area (Å²) >= 11 is 0. The van der Waals surface area contributed by atoms with E-state index in [0.717, 1.165) is 0 Å². The van der Waals surface area contributed by atoms with Crippen molar-refractivity contribution < 1.29 is 77.6 Å². The molecule has 29 nitrogen and oxygen atoms in total. The first kappa shape index (κ1) is 67.3. The summed E-state index contributed by atoms with van der Waals surface area (Å²) in [6.45, 7) is 7.18. The van der Waals surface area contributed by atoms with Crippen LogP contribution in [0.25, 0.3) is 0 Å². The molecule has 79 heavy (non-hydrogen) atoms. The maximum absolute atomic E-state index is 14.5. The lowest BCUT2D eigenvalue weighted by Gasteiger charge is -2.31. The van der Waals surface area contributed by atoms with Gasteiger partial charge in [0.2, 0.25) is 65.0 Å². The number of likely N-dealkylation sites (tertiary alicyclic amines) is 1. The number of aliphatic hydroxyl groups excluding tert-OH is 1. The van der Waals surface area contributed by atoms with E-state index in [1.54, 1.807) is 58.0 Å². The molecule has 0 spiro atoms. The van der Waals surface area contributed by atoms with Gasteiger partial charge in [0.15, 0.2) is 0 Å². The summed E-state index contributed by atoms with van der Waals surface area (Å²) in [5.74, 6) is -14.1. The van der Waals surface area contributed by atoms with E-state index in [1.807, 2.05) is 0 Å². The topological polar surface area (TPSA) is 486 Å². The van der Waals surface area contributed by atoms with Gasteiger partial charge >= 0.3 is 11.9 Å². The lowest BCUT2D eigenvalue weighted by atomic mass is 9.99. The number of benzene rings is 1. The molecule has 1 aliphatic heterocycles. The molecule has 19 N–H and O–H groups in total. The number of carbonyl (C=O) groups is 13. The molecule has 440 valence electrons. The number of hydrogen-bond acceptors (Lipinski definition) is 16. The van der Waals surface area contributed by atoms with Gasteiger partial charge < -0.3 is 85.7 Å². The molecule has 1 aromatic carbocycles. The molecule has 29 heteroatoms. The molecule has 0 bridgehead atoms. The standard InChI is InChI=1S/C50H79N13O16/c1-25(2)20-35(50(78)79)61-45(73)33(22-38(54)66)60-48(76)40(26(3)4)62-46(74)32(21-28-12-7-6-8-13-28)59-47(75)36-15-11-19-63(36)49(77)31(14-9-10-18-51)57-43(71)30(16-17-37(53)65)56-41(69)27(5)55-44(72)34(23-39(67)68)58-42(70)29(52)24-64/h6-8,12-13,25-27,29-36,40,64H,9-11,14-24,51-52H2,1-5H3,(H2,53,65)(H2,54,66)(H,55,72)(H,56,69)(H,57,71)(H,58,70)(H,59,75)(H,60,76)(H,61,73)(H,62,74)(H,67,68)(H,78,79)/t27-,29-,30-,31-,32-,33-,34-,35-,36-,40-/m0/s1. The van der Waals surface area contributed by atoms with Crippen LogP contribution in [0.4, 0.5) is 0 Å². The number of hydrogen-bond donors (Lipinski definition) is 15. The average molecular weight is 1120 g/mol. The van der Waals surface area contributed by atoms with E-state index >= 15 is 0 Å². The minimum absolute atomic E-state index is 0.0182. The predicted octanol–water partition coefficient (Wildman–Crippen LogP) is -5.03. The third-order valence-electron chi connectivity index (χ3n) is 12.5. The molecular weight excluding hydrogens is 1040 g/mol. The van der Waals surface area contributed by atoms with Gasteiger partial charge in [-0.05, 0) is 75.8 Å². The van der Waals surface area contributed by atoms with Crippen LogP contribution in [0.1, 0.15) is 104 Å². The quantitative estimate of drug-likeness (QED) is 0.0283. The van der Waals surface area contributed by atoms with Crippen molar-refractivity contribution in [2.24, 2.45) is 34.8 Å². The SMILES string of the molecule is CC(C)C[C@H](NC(=O)[C@H](CC(N)=O)NC(=O)[C@@H](NC(=O)[C@H](Cc1ccccc1)NC(=O)[C@@H]1CCCN1C(=O)[C@H](CCCCN)NC(=O)[C@H](CCC(N)=O)NC(=O)[C@H](C)NC(=O)[C@H](CC(=O)O)NC(=O)[C@@H](N)CO)C(C)C)C(=O)O. The van der Waals surface area contributed by atoms with Crippen molar-refractivity contribution in [2.45, 2.75) is 166 Å². The van der Waals surface area contributed by atoms with Crippen LogP contribution < -0.4 is 65.5 Å². The minimum Gasteiger partial charge on any atom is -0.481 e. The summed E-state index contributed by atoms with van der Waals surface area (Å²) in [5, 5.41) is 47.6. The highest BCUT2D eigenvalue weighted by atomic mass is 16.4. The van der Waals surface area contributed by atoms with E-state index in [1.165, 1.54) is 11.8 Å². The fourth-order valence-corrected chi connectivity index (χ4v) is 8.26. The van der Waals surface area contributed by atoms with Gasteiger partial charge in [-0.15, -0.1) is 0 Å². The minimum atomic E-state index is -1.75.